The van der Waals surface area contributed by atoms with Crippen LogP contribution >= 0.6 is 0 Å². The molecule has 0 spiro atoms. The summed E-state index contributed by atoms with van der Waals surface area (Å²) in [4.78, 5) is 3.71. The molecule has 0 amide bonds. The second kappa shape index (κ2) is 4.45. The van der Waals surface area contributed by atoms with E-state index in [9.17, 15) is 0 Å². The Morgan fingerprint density at radius 1 is 1.67 bits per heavy atom. The molecule has 0 saturated carbocycles. The normalized spacial score (nSPS) is 7.67. The first kappa shape index (κ1) is 8.57. The molecule has 0 saturated heterocycles. The van der Waals surface area contributed by atoms with E-state index in [0.717, 1.165) is 0 Å². The number of aromatic nitrogens is 1. The molecule has 2 nitrogen and oxygen atoms in total. The molecule has 1 rings (SSSR count). The topological polar surface area (TPSA) is 22.1 Å². The average molecular weight is 174 g/mol. The van der Waals surface area contributed by atoms with Crippen molar-refractivity contribution in [1.29, 1.82) is 0 Å². The first-order valence-corrected chi connectivity index (χ1v) is 2.30. The summed E-state index contributed by atoms with van der Waals surface area (Å²) in [5.74, 6) is 0.674. The molecule has 0 aliphatic carbocycles. The minimum atomic E-state index is 0. The Kier molecular flexibility index (Phi) is 4.24. The van der Waals surface area contributed by atoms with Crippen molar-refractivity contribution in [3.8, 4) is 5.75 Å². The van der Waals surface area contributed by atoms with E-state index in [1.807, 2.05) is 0 Å². The van der Waals surface area contributed by atoms with E-state index in [1.165, 1.54) is 0 Å². The summed E-state index contributed by atoms with van der Waals surface area (Å²) < 4.78 is 4.80. The molecule has 0 atom stereocenters. The van der Waals surface area contributed by atoms with Gasteiger partial charge in [0.2, 0.25) is 0 Å². The Balaban J connectivity index is 0.000000640. The molecule has 0 aliphatic rings. The van der Waals surface area contributed by atoms with Gasteiger partial charge in [-0.1, -0.05) is 6.20 Å². The van der Waals surface area contributed by atoms with Crippen molar-refractivity contribution in [2.75, 3.05) is 7.11 Å². The van der Waals surface area contributed by atoms with Crippen LogP contribution in [-0.4, -0.2) is 12.1 Å². The van der Waals surface area contributed by atoms with E-state index in [0.29, 0.717) is 5.75 Å². The van der Waals surface area contributed by atoms with Crippen LogP contribution in [0.4, 0.5) is 0 Å². The molecular formula is C6H6NOZn-. The van der Waals surface area contributed by atoms with Crippen LogP contribution in [0.5, 0.6) is 5.75 Å². The van der Waals surface area contributed by atoms with E-state index in [2.05, 4.69) is 11.2 Å². The summed E-state index contributed by atoms with van der Waals surface area (Å²) in [7, 11) is 1.59. The summed E-state index contributed by atoms with van der Waals surface area (Å²) >= 11 is 0. The van der Waals surface area contributed by atoms with Gasteiger partial charge in [-0.2, -0.15) is 6.07 Å². The van der Waals surface area contributed by atoms with Crippen molar-refractivity contribution in [2.24, 2.45) is 0 Å². The molecular weight excluding hydrogens is 167 g/mol. The molecule has 1 aromatic rings. The van der Waals surface area contributed by atoms with E-state index in [-0.39, 0.29) is 19.5 Å². The maximum absolute atomic E-state index is 4.80. The predicted molar refractivity (Wildman–Crippen MR) is 29.6 cm³/mol. The van der Waals surface area contributed by atoms with Crippen LogP contribution in [-0.2, 0) is 19.5 Å². The van der Waals surface area contributed by atoms with E-state index in [4.69, 9.17) is 4.74 Å². The molecule has 1 heterocycles. The van der Waals surface area contributed by atoms with Crippen molar-refractivity contribution in [1.82, 2.24) is 4.98 Å². The van der Waals surface area contributed by atoms with Crippen molar-refractivity contribution >= 4 is 0 Å². The monoisotopic (exact) mass is 172 g/mol. The number of nitrogens with zero attached hydrogens (tertiary/aromatic N) is 1. The molecule has 1 aromatic heterocycles. The summed E-state index contributed by atoms with van der Waals surface area (Å²) in [5, 5.41) is 0. The zero-order valence-corrected chi connectivity index (χ0v) is 8.26. The second-order valence-electron chi connectivity index (χ2n) is 1.32. The molecule has 0 radical (unpaired) electrons. The van der Waals surface area contributed by atoms with Gasteiger partial charge in [-0.05, 0) is 6.20 Å². The van der Waals surface area contributed by atoms with Gasteiger partial charge in [0.1, 0.15) is 0 Å². The third-order valence-corrected chi connectivity index (χ3v) is 0.803. The Bertz CT molecular complexity index is 154. The van der Waals surface area contributed by atoms with Gasteiger partial charge in [0, 0.05) is 25.2 Å². The van der Waals surface area contributed by atoms with E-state index < -0.39 is 0 Å². The SMILES string of the molecule is COc1[c-]nccc1.[Zn]. The number of ether oxygens (including phenoxy) is 1. The number of pyridine rings is 1. The molecule has 9 heavy (non-hydrogen) atoms. The third-order valence-electron chi connectivity index (χ3n) is 0.803. The summed E-state index contributed by atoms with van der Waals surface area (Å²) in [6, 6.07) is 3.60. The molecule has 0 bridgehead atoms. The van der Waals surface area contributed by atoms with E-state index in [1.54, 1.807) is 25.4 Å². The Morgan fingerprint density at radius 2 is 2.44 bits per heavy atom. The van der Waals surface area contributed by atoms with Crippen molar-refractivity contribution in [3.05, 3.63) is 24.5 Å². The number of methoxy groups -OCH3 is 1. The Hall–Kier alpha value is -0.427. The van der Waals surface area contributed by atoms with Gasteiger partial charge in [0.15, 0.2) is 0 Å². The zero-order chi connectivity index (χ0) is 5.82. The minimum Gasteiger partial charge on any atom is -0.521 e. The van der Waals surface area contributed by atoms with Crippen molar-refractivity contribution < 1.29 is 24.2 Å². The largest absolute Gasteiger partial charge is 0.521 e. The van der Waals surface area contributed by atoms with Gasteiger partial charge >= 0.3 is 0 Å². The van der Waals surface area contributed by atoms with Gasteiger partial charge in [0.05, 0.1) is 7.11 Å². The number of hydrogen-bond donors (Lipinski definition) is 0. The fourth-order valence-electron chi connectivity index (χ4n) is 0.425. The standard InChI is InChI=1S/C6H6NO.Zn/c1-8-6-3-2-4-7-5-6;/h2-4H,1H3;/q-1;. The maximum atomic E-state index is 4.80. The van der Waals surface area contributed by atoms with Crippen LogP contribution in [0, 0.1) is 6.20 Å². The van der Waals surface area contributed by atoms with Crippen LogP contribution in [0.3, 0.4) is 0 Å². The van der Waals surface area contributed by atoms with Gasteiger partial charge in [-0.25, -0.2) is 0 Å². The zero-order valence-electron chi connectivity index (χ0n) is 5.29. The smallest absolute Gasteiger partial charge is 0.0744 e. The van der Waals surface area contributed by atoms with Crippen molar-refractivity contribution in [2.45, 2.75) is 0 Å². The van der Waals surface area contributed by atoms with E-state index >= 15 is 0 Å². The van der Waals surface area contributed by atoms with Gasteiger partial charge in [0.25, 0.3) is 0 Å². The quantitative estimate of drug-likeness (QED) is 0.465. The molecule has 3 heteroatoms. The second-order valence-corrected chi connectivity index (χ2v) is 1.32. The Labute approximate surface area is 67.0 Å². The molecule has 0 unspecified atom stereocenters. The fraction of sp³-hybridized carbons (Fsp3) is 0.167. The summed E-state index contributed by atoms with van der Waals surface area (Å²) in [6.07, 6.45) is 4.30. The summed E-state index contributed by atoms with van der Waals surface area (Å²) in [6.45, 7) is 0. The molecule has 0 aliphatic heterocycles. The summed E-state index contributed by atoms with van der Waals surface area (Å²) in [5.41, 5.74) is 0. The van der Waals surface area contributed by atoms with Crippen molar-refractivity contribution in [3.63, 3.8) is 0 Å². The van der Waals surface area contributed by atoms with Crippen LogP contribution in [0.15, 0.2) is 18.3 Å². The predicted octanol–water partition coefficient (Wildman–Crippen LogP) is 0.888. The average Bonchev–Trinajstić information content (AvgIpc) is 1.90. The van der Waals surface area contributed by atoms with Gasteiger partial charge in [-0.15, -0.1) is 6.07 Å². The minimum absolute atomic E-state index is 0. The van der Waals surface area contributed by atoms with Crippen LogP contribution in [0.25, 0.3) is 0 Å². The first-order chi connectivity index (χ1) is 3.93. The number of rotatable bonds is 1. The van der Waals surface area contributed by atoms with Crippen LogP contribution < -0.4 is 4.74 Å². The van der Waals surface area contributed by atoms with Crippen LogP contribution in [0.2, 0.25) is 0 Å². The number of hydrogen-bond acceptors (Lipinski definition) is 2. The van der Waals surface area contributed by atoms with Gasteiger partial charge in [-0.3, -0.25) is 0 Å². The van der Waals surface area contributed by atoms with Crippen LogP contribution in [0.1, 0.15) is 0 Å². The maximum Gasteiger partial charge on any atom is 0.0744 e. The molecule has 44 valence electrons. The Morgan fingerprint density at radius 3 is 2.78 bits per heavy atom. The molecule has 0 N–H and O–H groups in total. The molecule has 0 fully saturated rings. The first-order valence-electron chi connectivity index (χ1n) is 2.30. The molecule has 0 aromatic carbocycles. The fourth-order valence-corrected chi connectivity index (χ4v) is 0.425. The third kappa shape index (κ3) is 2.57. The van der Waals surface area contributed by atoms with Gasteiger partial charge < -0.3 is 9.72 Å².